The molecule has 3 atom stereocenters. The van der Waals surface area contributed by atoms with E-state index in [1.165, 1.54) is 5.56 Å². The summed E-state index contributed by atoms with van der Waals surface area (Å²) in [6, 6.07) is 26.2. The molecule has 0 spiro atoms. The molecular formula is C23H17Cl2NOS. The molecular weight excluding hydrogens is 409 g/mol. The van der Waals surface area contributed by atoms with Crippen LogP contribution in [0, 0.1) is 0 Å². The molecule has 28 heavy (non-hydrogen) atoms. The molecule has 0 aliphatic carbocycles. The van der Waals surface area contributed by atoms with Crippen LogP contribution in [0.3, 0.4) is 0 Å². The van der Waals surface area contributed by atoms with Crippen molar-refractivity contribution in [2.45, 2.75) is 27.5 Å². The second-order valence-electron chi connectivity index (χ2n) is 7.16. The number of carbonyl (C=O) groups excluding carboxylic acids is 1. The highest BCUT2D eigenvalue weighted by atomic mass is 35.5. The lowest BCUT2D eigenvalue weighted by Gasteiger charge is -2.55. The fraction of sp³-hybridized carbons (Fsp3) is 0.174. The topological polar surface area (TPSA) is 20.3 Å². The van der Waals surface area contributed by atoms with Crippen LogP contribution < -0.4 is 4.90 Å². The van der Waals surface area contributed by atoms with E-state index >= 15 is 0 Å². The number of fused-ring (bicyclic) bond motifs is 3. The summed E-state index contributed by atoms with van der Waals surface area (Å²) in [6.45, 7) is 0. The molecule has 1 amide bonds. The van der Waals surface area contributed by atoms with E-state index in [9.17, 15) is 4.79 Å². The first kappa shape index (κ1) is 18.1. The quantitative estimate of drug-likeness (QED) is 0.348. The van der Waals surface area contributed by atoms with Crippen LogP contribution in [0.1, 0.15) is 22.8 Å². The largest absolute Gasteiger partial charge is 0.298 e. The van der Waals surface area contributed by atoms with Gasteiger partial charge in [-0.15, -0.1) is 23.4 Å². The van der Waals surface area contributed by atoms with Gasteiger partial charge in [-0.1, -0.05) is 66.2 Å². The molecule has 5 heteroatoms. The first-order chi connectivity index (χ1) is 13.6. The van der Waals surface area contributed by atoms with Crippen LogP contribution in [0.5, 0.6) is 0 Å². The summed E-state index contributed by atoms with van der Waals surface area (Å²) in [7, 11) is 0. The Balaban J connectivity index is 1.71. The summed E-state index contributed by atoms with van der Waals surface area (Å²) in [5.41, 5.74) is 2.63. The van der Waals surface area contributed by atoms with Gasteiger partial charge in [-0.2, -0.15) is 0 Å². The summed E-state index contributed by atoms with van der Waals surface area (Å²) in [6.07, 6.45) is 0.734. The van der Waals surface area contributed by atoms with E-state index < -0.39 is 10.9 Å². The Kier molecular flexibility index (Phi) is 4.42. The van der Waals surface area contributed by atoms with Gasteiger partial charge in [0.05, 0.1) is 11.2 Å². The molecule has 3 aromatic carbocycles. The van der Waals surface area contributed by atoms with E-state index in [0.717, 1.165) is 27.6 Å². The smallest absolute Gasteiger partial charge is 0.248 e. The van der Waals surface area contributed by atoms with Gasteiger partial charge in [-0.25, -0.2) is 0 Å². The van der Waals surface area contributed by atoms with Crippen molar-refractivity contribution in [1.82, 2.24) is 0 Å². The van der Waals surface area contributed by atoms with Gasteiger partial charge in [-0.05, 0) is 41.8 Å². The number of hydrogen-bond donors (Lipinski definition) is 0. The third-order valence-electron chi connectivity index (χ3n) is 5.64. The monoisotopic (exact) mass is 425 g/mol. The van der Waals surface area contributed by atoms with Gasteiger partial charge in [0, 0.05) is 15.2 Å². The molecule has 0 aromatic heterocycles. The number of amides is 1. The summed E-state index contributed by atoms with van der Waals surface area (Å²) in [5, 5.41) is 0.283. The lowest BCUT2D eigenvalue weighted by atomic mass is 9.72. The Labute approximate surface area is 178 Å². The minimum Gasteiger partial charge on any atom is -0.298 e. The van der Waals surface area contributed by atoms with Crippen LogP contribution >= 0.6 is 35.0 Å². The number of para-hydroxylation sites is 1. The minimum atomic E-state index is -0.587. The van der Waals surface area contributed by atoms with Gasteiger partial charge >= 0.3 is 0 Å². The normalized spacial score (nSPS) is 26.1. The van der Waals surface area contributed by atoms with Gasteiger partial charge in [0.1, 0.15) is 5.38 Å². The van der Waals surface area contributed by atoms with Crippen molar-refractivity contribution in [3.8, 4) is 0 Å². The van der Waals surface area contributed by atoms with E-state index in [0.29, 0.717) is 0 Å². The number of rotatable bonds is 2. The average Bonchev–Trinajstić information content (AvgIpc) is 2.88. The third kappa shape index (κ3) is 2.61. The van der Waals surface area contributed by atoms with Gasteiger partial charge in [-0.3, -0.25) is 9.69 Å². The molecule has 140 valence electrons. The number of anilines is 1. The Morgan fingerprint density at radius 2 is 1.61 bits per heavy atom. The van der Waals surface area contributed by atoms with Crippen LogP contribution in [0.2, 0.25) is 5.02 Å². The fourth-order valence-corrected chi connectivity index (χ4v) is 6.20. The molecule has 2 aliphatic rings. The molecule has 0 N–H and O–H groups in total. The molecule has 2 aliphatic heterocycles. The number of thioether (sulfide) groups is 1. The summed E-state index contributed by atoms with van der Waals surface area (Å²) < 4.78 is 0. The molecule has 0 saturated carbocycles. The van der Waals surface area contributed by atoms with E-state index in [1.807, 2.05) is 53.4 Å². The van der Waals surface area contributed by atoms with Gasteiger partial charge < -0.3 is 0 Å². The third-order valence-corrected chi connectivity index (χ3v) is 7.77. The van der Waals surface area contributed by atoms with E-state index in [2.05, 4.69) is 30.3 Å². The van der Waals surface area contributed by atoms with Crippen molar-refractivity contribution < 1.29 is 4.79 Å². The first-order valence-electron chi connectivity index (χ1n) is 9.16. The van der Waals surface area contributed by atoms with Crippen LogP contribution in [0.4, 0.5) is 5.69 Å². The minimum absolute atomic E-state index is 0.0321. The predicted octanol–water partition coefficient (Wildman–Crippen LogP) is 6.43. The number of alkyl halides is 1. The van der Waals surface area contributed by atoms with Crippen molar-refractivity contribution >= 4 is 46.6 Å². The van der Waals surface area contributed by atoms with Crippen molar-refractivity contribution in [2.24, 2.45) is 0 Å². The van der Waals surface area contributed by atoms with E-state index in [4.69, 9.17) is 23.2 Å². The number of β-lactam (4-membered cyclic amide) rings is 1. The highest BCUT2D eigenvalue weighted by Gasteiger charge is 2.63. The van der Waals surface area contributed by atoms with E-state index in [1.54, 1.807) is 11.8 Å². The standard InChI is InChI=1S/C23H17Cl2NOS/c24-17-12-10-15(11-13-17)20-14-23(16-6-2-1-3-7-16)21(25)22(27)26(23)18-8-4-5-9-19(18)28-20/h1-13,20-21H,14H2. The van der Waals surface area contributed by atoms with Gasteiger partial charge in [0.25, 0.3) is 0 Å². The van der Waals surface area contributed by atoms with Crippen LogP contribution in [0.15, 0.2) is 83.8 Å². The lowest BCUT2D eigenvalue weighted by Crippen LogP contribution is -2.70. The van der Waals surface area contributed by atoms with Gasteiger partial charge in [0.2, 0.25) is 5.91 Å². The average molecular weight is 426 g/mol. The van der Waals surface area contributed by atoms with Crippen molar-refractivity contribution in [3.05, 3.63) is 95.0 Å². The predicted molar refractivity (Wildman–Crippen MR) is 116 cm³/mol. The summed E-state index contributed by atoms with van der Waals surface area (Å²) in [4.78, 5) is 16.0. The molecule has 1 saturated heterocycles. The maximum Gasteiger partial charge on any atom is 0.248 e. The number of halogens is 2. The van der Waals surface area contributed by atoms with Crippen molar-refractivity contribution in [1.29, 1.82) is 0 Å². The lowest BCUT2D eigenvalue weighted by molar-refractivity contribution is -0.127. The number of carbonyl (C=O) groups is 1. The summed E-state index contributed by atoms with van der Waals surface area (Å²) >= 11 is 14.7. The molecule has 0 bridgehead atoms. The van der Waals surface area contributed by atoms with Crippen molar-refractivity contribution in [2.75, 3.05) is 4.90 Å². The number of benzene rings is 3. The molecule has 5 rings (SSSR count). The second kappa shape index (κ2) is 6.84. The molecule has 1 fully saturated rings. The zero-order valence-electron chi connectivity index (χ0n) is 14.9. The zero-order valence-corrected chi connectivity index (χ0v) is 17.2. The zero-order chi connectivity index (χ0) is 19.3. The summed E-state index contributed by atoms with van der Waals surface area (Å²) in [5.74, 6) is -0.0321. The maximum atomic E-state index is 12.9. The Bertz CT molecular complexity index is 1040. The van der Waals surface area contributed by atoms with Crippen molar-refractivity contribution in [3.63, 3.8) is 0 Å². The maximum absolute atomic E-state index is 12.9. The molecule has 2 heterocycles. The molecule has 0 radical (unpaired) electrons. The highest BCUT2D eigenvalue weighted by molar-refractivity contribution is 7.99. The molecule has 3 aromatic rings. The van der Waals surface area contributed by atoms with Crippen LogP contribution in [-0.4, -0.2) is 11.3 Å². The van der Waals surface area contributed by atoms with E-state index in [-0.39, 0.29) is 11.2 Å². The SMILES string of the molecule is O=C1C(Cl)C2(c3ccccc3)CC(c3ccc(Cl)cc3)Sc3ccccc3N12. The Morgan fingerprint density at radius 3 is 2.36 bits per heavy atom. The van der Waals surface area contributed by atoms with Crippen LogP contribution in [-0.2, 0) is 10.3 Å². The first-order valence-corrected chi connectivity index (χ1v) is 10.9. The fourth-order valence-electron chi connectivity index (χ4n) is 4.29. The second-order valence-corrected chi connectivity index (χ2v) is 9.27. The number of hydrogen-bond acceptors (Lipinski definition) is 2. The number of nitrogens with zero attached hydrogens (tertiary/aromatic N) is 1. The van der Waals surface area contributed by atoms with Crippen LogP contribution in [0.25, 0.3) is 0 Å². The molecule has 2 nitrogen and oxygen atoms in total. The molecule has 3 unspecified atom stereocenters. The Hall–Kier alpha value is -1.94. The highest BCUT2D eigenvalue weighted by Crippen LogP contribution is 2.60. The Morgan fingerprint density at radius 1 is 0.929 bits per heavy atom. The van der Waals surface area contributed by atoms with Gasteiger partial charge in [0.15, 0.2) is 0 Å².